The smallest absolute Gasteiger partial charge is 0.417 e. The molecule has 0 amide bonds. The van der Waals surface area contributed by atoms with Gasteiger partial charge in [-0.15, -0.1) is 0 Å². The summed E-state index contributed by atoms with van der Waals surface area (Å²) in [6, 6.07) is 0.799. The van der Waals surface area contributed by atoms with Gasteiger partial charge in [-0.05, 0) is 58.3 Å². The van der Waals surface area contributed by atoms with Crippen molar-refractivity contribution in [3.63, 3.8) is 0 Å². The van der Waals surface area contributed by atoms with Crippen molar-refractivity contribution in [2.24, 2.45) is 0 Å². The number of rotatable bonds is 14. The number of nitrogens with one attached hydrogen (secondary N) is 2. The second-order valence-electron chi connectivity index (χ2n) is 10.8. The Morgan fingerprint density at radius 2 is 1.86 bits per heavy atom. The molecule has 0 saturated carbocycles. The SMILES string of the molecule is CCC(COCCCOc1nc(N)c2c(OC(C)CC3CCN3)nc(-c3cc(N)c(F)c(C)c3C(F)(F)F)c(F)c2n1)NC. The lowest BCUT2D eigenvalue weighted by atomic mass is 9.96. The van der Waals surface area contributed by atoms with Crippen LogP contribution in [0.15, 0.2) is 6.07 Å². The Hall–Kier alpha value is -3.56. The van der Waals surface area contributed by atoms with Gasteiger partial charge in [-0.3, -0.25) is 0 Å². The van der Waals surface area contributed by atoms with Crippen molar-refractivity contribution in [1.82, 2.24) is 25.6 Å². The number of fused-ring (bicyclic) bond motifs is 1. The molecular formula is C29H38F5N7O3. The van der Waals surface area contributed by atoms with Crippen LogP contribution in [0.2, 0.25) is 0 Å². The van der Waals surface area contributed by atoms with Crippen LogP contribution in [0.5, 0.6) is 11.9 Å². The van der Waals surface area contributed by atoms with E-state index in [4.69, 9.17) is 25.7 Å². The minimum absolute atomic E-state index is 0.0988. The number of alkyl halides is 3. The average Bonchev–Trinajstić information content (AvgIpc) is 2.93. The second-order valence-corrected chi connectivity index (χ2v) is 10.8. The molecule has 6 N–H and O–H groups in total. The molecule has 1 aliphatic rings. The number of nitrogens with two attached hydrogens (primary N) is 2. The monoisotopic (exact) mass is 627 g/mol. The predicted octanol–water partition coefficient (Wildman–Crippen LogP) is 4.76. The van der Waals surface area contributed by atoms with Gasteiger partial charge in [0.2, 0.25) is 5.88 Å². The highest BCUT2D eigenvalue weighted by molar-refractivity contribution is 5.96. The Morgan fingerprint density at radius 3 is 2.48 bits per heavy atom. The number of ether oxygens (including phenoxy) is 3. The predicted molar refractivity (Wildman–Crippen MR) is 156 cm³/mol. The number of likely N-dealkylation sites (N-methyl/N-ethyl adjacent to an activating group) is 1. The van der Waals surface area contributed by atoms with Crippen LogP contribution in [0.3, 0.4) is 0 Å². The minimum atomic E-state index is -5.06. The van der Waals surface area contributed by atoms with Gasteiger partial charge in [0, 0.05) is 30.7 Å². The molecule has 0 radical (unpaired) electrons. The van der Waals surface area contributed by atoms with Crippen LogP contribution in [0, 0.1) is 18.6 Å². The molecular weight excluding hydrogens is 589 g/mol. The summed E-state index contributed by atoms with van der Waals surface area (Å²) >= 11 is 0. The molecule has 3 unspecified atom stereocenters. The summed E-state index contributed by atoms with van der Waals surface area (Å²) in [6.07, 6.45) is -2.73. The van der Waals surface area contributed by atoms with Crippen LogP contribution in [0.25, 0.3) is 22.2 Å². The Kier molecular flexibility index (Phi) is 10.6. The number of anilines is 2. The zero-order chi connectivity index (χ0) is 32.2. The van der Waals surface area contributed by atoms with Gasteiger partial charge in [0.15, 0.2) is 5.82 Å². The first kappa shape index (κ1) is 33.3. The maximum absolute atomic E-state index is 16.2. The summed E-state index contributed by atoms with van der Waals surface area (Å²) in [5.74, 6) is -3.03. The van der Waals surface area contributed by atoms with Gasteiger partial charge in [0.25, 0.3) is 0 Å². The fourth-order valence-electron chi connectivity index (χ4n) is 4.99. The van der Waals surface area contributed by atoms with Gasteiger partial charge in [0.1, 0.15) is 28.2 Å². The summed E-state index contributed by atoms with van der Waals surface area (Å²) in [5, 5.41) is 6.24. The zero-order valence-corrected chi connectivity index (χ0v) is 25.1. The fourth-order valence-corrected chi connectivity index (χ4v) is 4.99. The molecule has 3 aromatic rings. The third-order valence-electron chi connectivity index (χ3n) is 7.56. The molecule has 4 rings (SSSR count). The molecule has 1 aromatic carbocycles. The van der Waals surface area contributed by atoms with Gasteiger partial charge in [-0.2, -0.15) is 23.1 Å². The molecule has 3 atom stereocenters. The topological polar surface area (TPSA) is 142 Å². The summed E-state index contributed by atoms with van der Waals surface area (Å²) in [5.41, 5.74) is 7.05. The molecule has 1 aliphatic heterocycles. The number of hydrogen-bond acceptors (Lipinski definition) is 10. The maximum Gasteiger partial charge on any atom is 0.417 e. The molecule has 2 aromatic heterocycles. The van der Waals surface area contributed by atoms with Crippen LogP contribution in [0.4, 0.5) is 33.5 Å². The van der Waals surface area contributed by atoms with Crippen molar-refractivity contribution in [3.8, 4) is 23.1 Å². The van der Waals surface area contributed by atoms with Gasteiger partial charge in [0.05, 0.1) is 30.6 Å². The van der Waals surface area contributed by atoms with Gasteiger partial charge < -0.3 is 36.3 Å². The number of halogens is 5. The Morgan fingerprint density at radius 1 is 1.14 bits per heavy atom. The van der Waals surface area contributed by atoms with E-state index >= 15 is 4.39 Å². The van der Waals surface area contributed by atoms with E-state index in [1.165, 1.54) is 0 Å². The number of nitrogens with zero attached hydrogens (tertiary/aromatic N) is 3. The molecule has 0 aliphatic carbocycles. The van der Waals surface area contributed by atoms with Crippen molar-refractivity contribution in [1.29, 1.82) is 0 Å². The van der Waals surface area contributed by atoms with Crippen LogP contribution < -0.4 is 31.6 Å². The summed E-state index contributed by atoms with van der Waals surface area (Å²) in [7, 11) is 1.85. The summed E-state index contributed by atoms with van der Waals surface area (Å²) < 4.78 is 90.6. The molecule has 1 saturated heterocycles. The lowest BCUT2D eigenvalue weighted by Crippen LogP contribution is -2.45. The third kappa shape index (κ3) is 7.38. The quantitative estimate of drug-likeness (QED) is 0.112. The number of nitrogen functional groups attached to an aromatic ring is 2. The lowest BCUT2D eigenvalue weighted by Gasteiger charge is -2.30. The van der Waals surface area contributed by atoms with E-state index in [1.807, 2.05) is 14.0 Å². The van der Waals surface area contributed by atoms with Crippen LogP contribution in [-0.4, -0.2) is 66.6 Å². The largest absolute Gasteiger partial charge is 0.474 e. The summed E-state index contributed by atoms with van der Waals surface area (Å²) in [4.78, 5) is 12.4. The first-order valence-corrected chi connectivity index (χ1v) is 14.5. The highest BCUT2D eigenvalue weighted by atomic mass is 19.4. The lowest BCUT2D eigenvalue weighted by molar-refractivity contribution is -0.137. The van der Waals surface area contributed by atoms with E-state index in [-0.39, 0.29) is 41.8 Å². The average molecular weight is 628 g/mol. The van der Waals surface area contributed by atoms with Gasteiger partial charge >= 0.3 is 12.2 Å². The van der Waals surface area contributed by atoms with Crippen molar-refractivity contribution in [2.45, 2.75) is 70.8 Å². The standard InChI is InChI=1S/C29H38F5N7O3/c1-5-16(37-4)13-42-9-6-10-43-28-40-25-20(26(36)41-28)27(44-14(2)11-17-7-8-38-17)39-24(23(25)31)18-12-19(35)22(30)15(3)21(18)29(32,33)34/h12,14,16-17,37-38H,5-11,13,35H2,1-4H3,(H2,36,40,41). The van der Waals surface area contributed by atoms with Gasteiger partial charge in [-0.25, -0.2) is 13.8 Å². The number of aromatic nitrogens is 3. The fraction of sp³-hybridized carbons (Fsp3) is 0.552. The van der Waals surface area contributed by atoms with Crippen LogP contribution >= 0.6 is 0 Å². The number of pyridine rings is 1. The second kappa shape index (κ2) is 14.0. The van der Waals surface area contributed by atoms with E-state index in [1.54, 1.807) is 6.92 Å². The first-order valence-electron chi connectivity index (χ1n) is 14.5. The van der Waals surface area contributed by atoms with E-state index in [9.17, 15) is 17.6 Å². The molecule has 1 fully saturated rings. The minimum Gasteiger partial charge on any atom is -0.474 e. The van der Waals surface area contributed by atoms with E-state index in [0.717, 1.165) is 26.3 Å². The summed E-state index contributed by atoms with van der Waals surface area (Å²) in [6.45, 7) is 6.54. The van der Waals surface area contributed by atoms with Crippen molar-refractivity contribution >= 4 is 22.4 Å². The van der Waals surface area contributed by atoms with Crippen molar-refractivity contribution < 1.29 is 36.2 Å². The van der Waals surface area contributed by atoms with Crippen molar-refractivity contribution in [2.75, 3.05) is 44.9 Å². The van der Waals surface area contributed by atoms with E-state index in [2.05, 4.69) is 25.6 Å². The Bertz CT molecular complexity index is 1470. The maximum atomic E-state index is 16.2. The van der Waals surface area contributed by atoms with Crippen molar-refractivity contribution in [3.05, 3.63) is 28.8 Å². The van der Waals surface area contributed by atoms with Gasteiger partial charge in [-0.1, -0.05) is 6.92 Å². The third-order valence-corrected chi connectivity index (χ3v) is 7.56. The molecule has 242 valence electrons. The molecule has 10 nitrogen and oxygen atoms in total. The molecule has 0 spiro atoms. The normalized spacial score (nSPS) is 16.5. The van der Waals surface area contributed by atoms with Crippen LogP contribution in [-0.2, 0) is 10.9 Å². The molecule has 0 bridgehead atoms. The number of hydrogen-bond donors (Lipinski definition) is 4. The Balaban J connectivity index is 1.75. The molecule has 15 heteroatoms. The van der Waals surface area contributed by atoms with E-state index < -0.39 is 57.5 Å². The molecule has 3 heterocycles. The Labute approximate surface area is 252 Å². The first-order chi connectivity index (χ1) is 20.8. The highest BCUT2D eigenvalue weighted by Gasteiger charge is 2.39. The zero-order valence-electron chi connectivity index (χ0n) is 25.1. The van der Waals surface area contributed by atoms with E-state index in [0.29, 0.717) is 32.1 Å². The highest BCUT2D eigenvalue weighted by Crippen LogP contribution is 2.44. The van der Waals surface area contributed by atoms with Crippen LogP contribution in [0.1, 0.15) is 50.7 Å². The molecule has 44 heavy (non-hydrogen) atoms. The number of benzene rings is 1.